The maximum Gasteiger partial charge on any atom is 0.268 e. The average Bonchev–Trinajstić information content (AvgIpc) is 3.25. The zero-order valence-electron chi connectivity index (χ0n) is 18.9. The van der Waals surface area contributed by atoms with Gasteiger partial charge in [0.1, 0.15) is 5.75 Å². The predicted molar refractivity (Wildman–Crippen MR) is 131 cm³/mol. The molecule has 2 aliphatic heterocycles. The molecule has 0 bridgehead atoms. The van der Waals surface area contributed by atoms with E-state index in [1.165, 1.54) is 0 Å². The van der Waals surface area contributed by atoms with Gasteiger partial charge in [0.2, 0.25) is 0 Å². The molecule has 2 amide bonds. The molecule has 6 heteroatoms. The molecule has 0 aromatic heterocycles. The van der Waals surface area contributed by atoms with Crippen molar-refractivity contribution in [3.63, 3.8) is 0 Å². The van der Waals surface area contributed by atoms with Gasteiger partial charge in [-0.15, -0.1) is 11.8 Å². The van der Waals surface area contributed by atoms with E-state index in [-0.39, 0.29) is 16.6 Å². The smallest absolute Gasteiger partial charge is 0.268 e. The number of thioether (sulfide) groups is 1. The maximum atomic E-state index is 14.2. The highest BCUT2D eigenvalue weighted by Gasteiger charge is 2.63. The van der Waals surface area contributed by atoms with Crippen LogP contribution < -0.4 is 9.64 Å². The Bertz CT molecular complexity index is 1210. The second kappa shape index (κ2) is 7.96. The summed E-state index contributed by atoms with van der Waals surface area (Å²) in [7, 11) is 1.60. The van der Waals surface area contributed by atoms with Crippen molar-refractivity contribution in [1.82, 2.24) is 4.90 Å². The number of carbonyl (C=O) groups excluding carboxylic acids is 2. The van der Waals surface area contributed by atoms with Gasteiger partial charge in [0, 0.05) is 22.4 Å². The fraction of sp³-hybridized carbons (Fsp3) is 0.259. The standard InChI is InChI=1S/C27H26N2O3S/c1-26(2)18-29(24(30)20-13-15-21(32-3)16-14-20)27(33-26)22-11-7-8-12-23(22)28(25(27)31)17-19-9-5-4-6-10-19/h4-16H,17-18H2,1-3H3/t27-/m0/s1. The lowest BCUT2D eigenvalue weighted by molar-refractivity contribution is -0.123. The average molecular weight is 459 g/mol. The first-order valence-electron chi connectivity index (χ1n) is 11.0. The lowest BCUT2D eigenvalue weighted by Crippen LogP contribution is -2.50. The molecule has 2 aliphatic rings. The van der Waals surface area contributed by atoms with Gasteiger partial charge in [0.25, 0.3) is 11.8 Å². The first-order valence-corrected chi connectivity index (χ1v) is 11.8. The molecule has 1 spiro atoms. The van der Waals surface area contributed by atoms with Crippen molar-refractivity contribution in [1.29, 1.82) is 0 Å². The summed E-state index contributed by atoms with van der Waals surface area (Å²) in [5.41, 5.74) is 3.33. The number of ether oxygens (including phenoxy) is 1. The number of fused-ring (bicyclic) bond motifs is 2. The number of nitrogens with zero attached hydrogens (tertiary/aromatic N) is 2. The zero-order valence-corrected chi connectivity index (χ0v) is 19.8. The largest absolute Gasteiger partial charge is 0.497 e. The Hall–Kier alpha value is -3.25. The van der Waals surface area contributed by atoms with Gasteiger partial charge in [-0.2, -0.15) is 0 Å². The number of hydrogen-bond acceptors (Lipinski definition) is 4. The van der Waals surface area contributed by atoms with Crippen LogP contribution in [0.15, 0.2) is 78.9 Å². The van der Waals surface area contributed by atoms with Crippen LogP contribution in [0.2, 0.25) is 0 Å². The van der Waals surface area contributed by atoms with Crippen molar-refractivity contribution < 1.29 is 14.3 Å². The van der Waals surface area contributed by atoms with Gasteiger partial charge in [0.05, 0.1) is 19.3 Å². The van der Waals surface area contributed by atoms with Gasteiger partial charge in [-0.3, -0.25) is 9.59 Å². The van der Waals surface area contributed by atoms with Gasteiger partial charge in [-0.1, -0.05) is 48.5 Å². The van der Waals surface area contributed by atoms with Crippen molar-refractivity contribution in [2.24, 2.45) is 0 Å². The molecule has 1 saturated heterocycles. The lowest BCUT2D eigenvalue weighted by atomic mass is 10.0. The predicted octanol–water partition coefficient (Wildman–Crippen LogP) is 5.06. The summed E-state index contributed by atoms with van der Waals surface area (Å²) in [5, 5.41) is 0. The van der Waals surface area contributed by atoms with E-state index >= 15 is 0 Å². The van der Waals surface area contributed by atoms with E-state index in [4.69, 9.17) is 4.74 Å². The summed E-state index contributed by atoms with van der Waals surface area (Å²) < 4.78 is 4.96. The second-order valence-corrected chi connectivity index (χ2v) is 10.9. The van der Waals surface area contributed by atoms with Crippen LogP contribution in [0.1, 0.15) is 35.3 Å². The van der Waals surface area contributed by atoms with E-state index in [0.717, 1.165) is 16.8 Å². The van der Waals surface area contributed by atoms with E-state index in [1.807, 2.05) is 59.5 Å². The third-order valence-electron chi connectivity index (χ3n) is 6.20. The van der Waals surface area contributed by atoms with Gasteiger partial charge < -0.3 is 14.5 Å². The van der Waals surface area contributed by atoms with E-state index in [0.29, 0.717) is 24.4 Å². The van der Waals surface area contributed by atoms with Crippen LogP contribution in [-0.2, 0) is 16.2 Å². The normalized spacial score (nSPS) is 20.9. The van der Waals surface area contributed by atoms with Gasteiger partial charge in [-0.05, 0) is 49.7 Å². The Kier molecular flexibility index (Phi) is 5.20. The molecule has 2 heterocycles. The Balaban J connectivity index is 1.60. The number of rotatable bonds is 4. The maximum absolute atomic E-state index is 14.2. The number of para-hydroxylation sites is 1. The molecule has 0 unspecified atom stereocenters. The van der Waals surface area contributed by atoms with Crippen LogP contribution >= 0.6 is 11.8 Å². The number of hydrogen-bond donors (Lipinski definition) is 0. The van der Waals surface area contributed by atoms with Gasteiger partial charge in [0.15, 0.2) is 4.87 Å². The third-order valence-corrected chi connectivity index (χ3v) is 7.80. The molecule has 0 N–H and O–H groups in total. The summed E-state index contributed by atoms with van der Waals surface area (Å²) in [4.78, 5) is 30.5. The zero-order chi connectivity index (χ0) is 23.2. The molecule has 3 aromatic carbocycles. The molecule has 33 heavy (non-hydrogen) atoms. The fourth-order valence-electron chi connectivity index (χ4n) is 4.77. The number of benzene rings is 3. The van der Waals surface area contributed by atoms with Crippen LogP contribution in [0, 0.1) is 0 Å². The first kappa shape index (κ1) is 21.6. The molecular weight excluding hydrogens is 432 g/mol. The Morgan fingerprint density at radius 3 is 2.33 bits per heavy atom. The van der Waals surface area contributed by atoms with Crippen molar-refractivity contribution >= 4 is 29.3 Å². The molecule has 0 saturated carbocycles. The van der Waals surface area contributed by atoms with E-state index in [9.17, 15) is 9.59 Å². The van der Waals surface area contributed by atoms with Crippen molar-refractivity contribution in [3.05, 3.63) is 95.6 Å². The fourth-order valence-corrected chi connectivity index (χ4v) is 6.50. The molecule has 168 valence electrons. The topological polar surface area (TPSA) is 49.9 Å². The minimum Gasteiger partial charge on any atom is -0.497 e. The highest BCUT2D eigenvalue weighted by atomic mass is 32.2. The molecule has 0 radical (unpaired) electrons. The summed E-state index contributed by atoms with van der Waals surface area (Å²) in [6.45, 7) is 5.12. The van der Waals surface area contributed by atoms with Crippen LogP contribution in [0.25, 0.3) is 0 Å². The Morgan fingerprint density at radius 2 is 1.64 bits per heavy atom. The minimum atomic E-state index is -1.09. The summed E-state index contributed by atoms with van der Waals surface area (Å²) >= 11 is 1.57. The molecule has 5 rings (SSSR count). The molecule has 5 nitrogen and oxygen atoms in total. The number of amides is 2. The molecule has 3 aromatic rings. The number of carbonyl (C=O) groups is 2. The van der Waals surface area contributed by atoms with E-state index < -0.39 is 4.87 Å². The summed E-state index contributed by atoms with van der Waals surface area (Å²) in [6.07, 6.45) is 0. The first-order chi connectivity index (χ1) is 15.9. The van der Waals surface area contributed by atoms with E-state index in [1.54, 1.807) is 48.0 Å². The number of anilines is 1. The Labute approximate surface area is 198 Å². The molecule has 0 aliphatic carbocycles. The number of methoxy groups -OCH3 is 1. The Morgan fingerprint density at radius 1 is 0.970 bits per heavy atom. The molecule has 1 fully saturated rings. The second-order valence-electron chi connectivity index (χ2n) is 9.02. The molecule has 1 atom stereocenters. The SMILES string of the molecule is COc1ccc(C(=O)N2CC(C)(C)S[C@@]23C(=O)N(Cc2ccccc2)c2ccccc23)cc1. The highest BCUT2D eigenvalue weighted by Crippen LogP contribution is 2.60. The summed E-state index contributed by atoms with van der Waals surface area (Å²) in [6, 6.07) is 24.9. The summed E-state index contributed by atoms with van der Waals surface area (Å²) in [5.74, 6) is 0.471. The minimum absolute atomic E-state index is 0.0648. The van der Waals surface area contributed by atoms with Crippen LogP contribution in [-0.4, -0.2) is 35.1 Å². The van der Waals surface area contributed by atoms with Gasteiger partial charge >= 0.3 is 0 Å². The van der Waals surface area contributed by atoms with E-state index in [2.05, 4.69) is 13.8 Å². The van der Waals surface area contributed by atoms with Crippen molar-refractivity contribution in [3.8, 4) is 5.75 Å². The van der Waals surface area contributed by atoms with Crippen LogP contribution in [0.3, 0.4) is 0 Å². The molecular formula is C27H26N2O3S. The van der Waals surface area contributed by atoms with Crippen LogP contribution in [0.4, 0.5) is 5.69 Å². The van der Waals surface area contributed by atoms with Gasteiger partial charge in [-0.25, -0.2) is 0 Å². The van der Waals surface area contributed by atoms with Crippen molar-refractivity contribution in [2.75, 3.05) is 18.6 Å². The van der Waals surface area contributed by atoms with Crippen molar-refractivity contribution in [2.45, 2.75) is 30.0 Å². The lowest BCUT2D eigenvalue weighted by Gasteiger charge is -2.33. The quantitative estimate of drug-likeness (QED) is 0.548. The monoisotopic (exact) mass is 458 g/mol. The highest BCUT2D eigenvalue weighted by molar-refractivity contribution is 8.02. The third kappa shape index (κ3) is 3.49. The van der Waals surface area contributed by atoms with Crippen LogP contribution in [0.5, 0.6) is 5.75 Å².